The number of nitro groups is 1. The molecule has 12 heteroatoms. The monoisotopic (exact) mass is 485 g/mol. The van der Waals surface area contributed by atoms with Gasteiger partial charge < -0.3 is 9.64 Å². The molecule has 0 aliphatic carbocycles. The second-order valence-electron chi connectivity index (χ2n) is 7.72. The molecule has 34 heavy (non-hydrogen) atoms. The van der Waals surface area contributed by atoms with Crippen LogP contribution in [-0.2, 0) is 10.0 Å². The van der Waals surface area contributed by atoms with Gasteiger partial charge in [-0.25, -0.2) is 13.1 Å². The Morgan fingerprint density at radius 1 is 1.06 bits per heavy atom. The van der Waals surface area contributed by atoms with Crippen LogP contribution in [0.2, 0.25) is 0 Å². The van der Waals surface area contributed by atoms with Crippen molar-refractivity contribution in [3.05, 3.63) is 76.1 Å². The second-order valence-corrected chi connectivity index (χ2v) is 9.66. The van der Waals surface area contributed by atoms with Gasteiger partial charge in [-0.2, -0.15) is 9.40 Å². The Balaban J connectivity index is 1.44. The van der Waals surface area contributed by atoms with E-state index in [1.54, 1.807) is 27.9 Å². The molecule has 1 aliphatic heterocycles. The van der Waals surface area contributed by atoms with Crippen LogP contribution in [-0.4, -0.2) is 71.5 Å². The van der Waals surface area contributed by atoms with Crippen LogP contribution in [0.3, 0.4) is 0 Å². The fourth-order valence-electron chi connectivity index (χ4n) is 3.82. The molecular weight excluding hydrogens is 462 g/mol. The summed E-state index contributed by atoms with van der Waals surface area (Å²) in [5.41, 5.74) is 1.88. The summed E-state index contributed by atoms with van der Waals surface area (Å²) in [5.74, 6) is -0.214. The van der Waals surface area contributed by atoms with E-state index in [2.05, 4.69) is 5.10 Å². The van der Waals surface area contributed by atoms with Gasteiger partial charge in [0.2, 0.25) is 10.0 Å². The lowest BCUT2D eigenvalue weighted by molar-refractivity contribution is -0.386. The van der Waals surface area contributed by atoms with Gasteiger partial charge in [-0.3, -0.25) is 14.9 Å². The van der Waals surface area contributed by atoms with Gasteiger partial charge in [0.25, 0.3) is 5.91 Å². The van der Waals surface area contributed by atoms with Gasteiger partial charge in [-0.15, -0.1) is 0 Å². The Labute approximate surface area is 196 Å². The number of ether oxygens (including phenoxy) is 1. The molecule has 0 spiro atoms. The third kappa shape index (κ3) is 4.37. The Morgan fingerprint density at radius 2 is 1.74 bits per heavy atom. The molecule has 0 radical (unpaired) electrons. The quantitative estimate of drug-likeness (QED) is 0.387. The first-order chi connectivity index (χ1) is 16.2. The number of nitro benzene ring substituents is 1. The van der Waals surface area contributed by atoms with Crippen molar-refractivity contribution in [3.63, 3.8) is 0 Å². The number of aryl methyl sites for hydroxylation is 1. The van der Waals surface area contributed by atoms with E-state index in [4.69, 9.17) is 4.74 Å². The van der Waals surface area contributed by atoms with Crippen molar-refractivity contribution < 1.29 is 22.9 Å². The molecule has 1 amide bonds. The predicted octanol–water partition coefficient (Wildman–Crippen LogP) is 2.24. The maximum Gasteiger partial charge on any atom is 0.312 e. The third-order valence-corrected chi connectivity index (χ3v) is 7.60. The molecule has 0 unspecified atom stereocenters. The highest BCUT2D eigenvalue weighted by Crippen LogP contribution is 2.31. The number of piperazine rings is 1. The summed E-state index contributed by atoms with van der Waals surface area (Å²) < 4.78 is 34.0. The minimum atomic E-state index is -3.97. The summed E-state index contributed by atoms with van der Waals surface area (Å²) in [4.78, 5) is 24.9. The number of sulfonamides is 1. The number of aromatic nitrogens is 2. The van der Waals surface area contributed by atoms with Crippen molar-refractivity contribution in [1.29, 1.82) is 0 Å². The highest BCUT2D eigenvalue weighted by Gasteiger charge is 2.32. The minimum absolute atomic E-state index is 0.0203. The van der Waals surface area contributed by atoms with Gasteiger partial charge in [0, 0.05) is 49.7 Å². The van der Waals surface area contributed by atoms with Gasteiger partial charge in [-0.1, -0.05) is 0 Å². The van der Waals surface area contributed by atoms with E-state index in [-0.39, 0.29) is 42.7 Å². The van der Waals surface area contributed by atoms with Crippen LogP contribution >= 0.6 is 0 Å². The van der Waals surface area contributed by atoms with Crippen molar-refractivity contribution in [1.82, 2.24) is 19.0 Å². The second kappa shape index (κ2) is 9.23. The van der Waals surface area contributed by atoms with Gasteiger partial charge >= 0.3 is 5.69 Å². The molecule has 0 atom stereocenters. The van der Waals surface area contributed by atoms with E-state index in [0.29, 0.717) is 5.56 Å². The molecule has 1 aliphatic rings. The smallest absolute Gasteiger partial charge is 0.312 e. The molecule has 3 aromatic rings. The molecule has 0 bridgehead atoms. The summed E-state index contributed by atoms with van der Waals surface area (Å²) >= 11 is 0. The SMILES string of the molecule is COc1ccc(S(=O)(=O)N2CCN(C(=O)c3ccc(-n4nccc4C)cc3)CC2)cc1[N+](=O)[O-]. The molecule has 1 aromatic heterocycles. The van der Waals surface area contributed by atoms with E-state index in [1.807, 2.05) is 25.1 Å². The number of hydrogen-bond acceptors (Lipinski definition) is 7. The molecule has 11 nitrogen and oxygen atoms in total. The summed E-state index contributed by atoms with van der Waals surface area (Å²) in [5, 5.41) is 15.5. The number of hydrogen-bond donors (Lipinski definition) is 0. The lowest BCUT2D eigenvalue weighted by Gasteiger charge is -2.34. The number of nitrogens with zero attached hydrogens (tertiary/aromatic N) is 5. The fraction of sp³-hybridized carbons (Fsp3) is 0.273. The number of methoxy groups -OCH3 is 1. The first-order valence-corrected chi connectivity index (χ1v) is 11.9. The maximum absolute atomic E-state index is 13.0. The Hall–Kier alpha value is -3.77. The Bertz CT molecular complexity index is 1330. The Morgan fingerprint density at radius 3 is 2.29 bits per heavy atom. The zero-order valence-corrected chi connectivity index (χ0v) is 19.4. The Kier molecular flexibility index (Phi) is 6.35. The van der Waals surface area contributed by atoms with E-state index in [1.165, 1.54) is 23.5 Å². The number of benzene rings is 2. The fourth-order valence-corrected chi connectivity index (χ4v) is 5.26. The molecule has 2 heterocycles. The van der Waals surface area contributed by atoms with Crippen LogP contribution in [0, 0.1) is 17.0 Å². The number of carbonyl (C=O) groups excluding carboxylic acids is 1. The van der Waals surface area contributed by atoms with Crippen LogP contribution in [0.15, 0.2) is 59.6 Å². The highest BCUT2D eigenvalue weighted by atomic mass is 32.2. The van der Waals surface area contributed by atoms with E-state index >= 15 is 0 Å². The van der Waals surface area contributed by atoms with E-state index in [0.717, 1.165) is 17.4 Å². The van der Waals surface area contributed by atoms with Gasteiger partial charge in [0.15, 0.2) is 5.75 Å². The van der Waals surface area contributed by atoms with Crippen LogP contribution in [0.25, 0.3) is 5.69 Å². The van der Waals surface area contributed by atoms with Crippen LogP contribution < -0.4 is 4.74 Å². The molecule has 2 aromatic carbocycles. The summed E-state index contributed by atoms with van der Waals surface area (Å²) in [6.07, 6.45) is 1.70. The van der Waals surface area contributed by atoms with Crippen LogP contribution in [0.1, 0.15) is 16.1 Å². The van der Waals surface area contributed by atoms with Crippen molar-refractivity contribution in [2.45, 2.75) is 11.8 Å². The molecular formula is C22H23N5O6S. The van der Waals surface area contributed by atoms with Crippen molar-refractivity contribution in [2.24, 2.45) is 0 Å². The van der Waals surface area contributed by atoms with Crippen molar-refractivity contribution in [3.8, 4) is 11.4 Å². The lowest BCUT2D eigenvalue weighted by Crippen LogP contribution is -2.50. The van der Waals surface area contributed by atoms with Crippen LogP contribution in [0.5, 0.6) is 5.75 Å². The highest BCUT2D eigenvalue weighted by molar-refractivity contribution is 7.89. The molecule has 4 rings (SSSR count). The number of amides is 1. The molecule has 0 saturated carbocycles. The maximum atomic E-state index is 13.0. The zero-order valence-electron chi connectivity index (χ0n) is 18.6. The summed E-state index contributed by atoms with van der Waals surface area (Å²) in [6, 6.07) is 12.5. The average molecular weight is 486 g/mol. The molecule has 1 saturated heterocycles. The first kappa shape index (κ1) is 23.4. The van der Waals surface area contributed by atoms with Gasteiger partial charge in [0.05, 0.1) is 22.6 Å². The number of rotatable bonds is 6. The molecule has 1 fully saturated rings. The largest absolute Gasteiger partial charge is 0.490 e. The summed E-state index contributed by atoms with van der Waals surface area (Å²) in [7, 11) is -2.69. The van der Waals surface area contributed by atoms with Crippen molar-refractivity contribution >= 4 is 21.6 Å². The van der Waals surface area contributed by atoms with Gasteiger partial charge in [0.1, 0.15) is 0 Å². The van der Waals surface area contributed by atoms with Crippen molar-refractivity contribution in [2.75, 3.05) is 33.3 Å². The lowest BCUT2D eigenvalue weighted by atomic mass is 10.1. The standard InChI is InChI=1S/C22H23N5O6S/c1-16-9-10-23-26(16)18-5-3-17(4-6-18)22(28)24-11-13-25(14-12-24)34(31,32)19-7-8-21(33-2)20(15-19)27(29)30/h3-10,15H,11-14H2,1-2H3. The van der Waals surface area contributed by atoms with E-state index < -0.39 is 20.6 Å². The zero-order chi connectivity index (χ0) is 24.5. The molecule has 0 N–H and O–H groups in total. The van der Waals surface area contributed by atoms with Crippen LogP contribution in [0.4, 0.5) is 5.69 Å². The summed E-state index contributed by atoms with van der Waals surface area (Å²) in [6.45, 7) is 2.51. The minimum Gasteiger partial charge on any atom is -0.490 e. The topological polar surface area (TPSA) is 128 Å². The average Bonchev–Trinajstić information content (AvgIpc) is 3.29. The van der Waals surface area contributed by atoms with E-state index in [9.17, 15) is 23.3 Å². The number of carbonyl (C=O) groups is 1. The molecule has 178 valence electrons. The predicted molar refractivity (Wildman–Crippen MR) is 123 cm³/mol. The van der Waals surface area contributed by atoms with Gasteiger partial charge in [-0.05, 0) is 49.4 Å². The normalized spacial score (nSPS) is 14.7. The third-order valence-electron chi connectivity index (χ3n) is 5.70. The first-order valence-electron chi connectivity index (χ1n) is 10.5.